The minimum Gasteiger partial charge on any atom is -0.376 e. The molecule has 3 aliphatic rings. The van der Waals surface area contributed by atoms with Gasteiger partial charge < -0.3 is 19.7 Å². The molecule has 2 N–H and O–H groups in total. The van der Waals surface area contributed by atoms with Crippen LogP contribution in [0.3, 0.4) is 0 Å². The monoisotopic (exact) mass is 558 g/mol. The maximum atomic E-state index is 12.1. The lowest BCUT2D eigenvalue weighted by atomic mass is 9.86. The number of sulfonamides is 1. The zero-order valence-electron chi connectivity index (χ0n) is 18.2. The first kappa shape index (κ1) is 26.1. The Morgan fingerprint density at radius 1 is 1.13 bits per heavy atom. The van der Waals surface area contributed by atoms with Crippen molar-refractivity contribution in [3.05, 3.63) is 0 Å². The minimum atomic E-state index is -3.23. The molecule has 176 valence electrons. The minimum absolute atomic E-state index is 0. The van der Waals surface area contributed by atoms with E-state index in [-0.39, 0.29) is 41.9 Å². The summed E-state index contributed by atoms with van der Waals surface area (Å²) in [6.45, 7) is 4.23. The summed E-state index contributed by atoms with van der Waals surface area (Å²) >= 11 is 0. The Morgan fingerprint density at radius 3 is 2.50 bits per heavy atom. The smallest absolute Gasteiger partial charge is 0.213 e. The number of guanidine groups is 1. The van der Waals surface area contributed by atoms with Gasteiger partial charge in [-0.25, -0.2) is 13.1 Å². The van der Waals surface area contributed by atoms with E-state index in [0.29, 0.717) is 25.6 Å². The zero-order chi connectivity index (χ0) is 20.5. The van der Waals surface area contributed by atoms with E-state index in [4.69, 9.17) is 9.47 Å². The summed E-state index contributed by atoms with van der Waals surface area (Å²) < 4.78 is 38.8. The normalized spacial score (nSPS) is 24.2. The third-order valence-electron chi connectivity index (χ3n) is 6.22. The highest BCUT2D eigenvalue weighted by Gasteiger charge is 2.24. The predicted octanol–water partition coefficient (Wildman–Crippen LogP) is 1.95. The number of piperidine rings is 1. The number of nitrogens with zero attached hydrogens (tertiary/aromatic N) is 2. The van der Waals surface area contributed by atoms with Crippen LogP contribution in [0, 0.1) is 5.92 Å². The molecule has 0 bridgehead atoms. The Labute approximate surface area is 199 Å². The van der Waals surface area contributed by atoms with Crippen molar-refractivity contribution in [1.29, 1.82) is 0 Å². The predicted molar refractivity (Wildman–Crippen MR) is 130 cm³/mol. The maximum absolute atomic E-state index is 12.1. The van der Waals surface area contributed by atoms with Crippen molar-refractivity contribution in [2.75, 3.05) is 52.2 Å². The van der Waals surface area contributed by atoms with Crippen LogP contribution in [0.25, 0.3) is 0 Å². The van der Waals surface area contributed by atoms with Crippen LogP contribution < -0.4 is 10.0 Å². The largest absolute Gasteiger partial charge is 0.376 e. The second kappa shape index (κ2) is 13.4. The van der Waals surface area contributed by atoms with Crippen LogP contribution in [-0.4, -0.2) is 83.7 Å². The van der Waals surface area contributed by atoms with Gasteiger partial charge in [-0.05, 0) is 50.9 Å². The van der Waals surface area contributed by atoms with Crippen molar-refractivity contribution < 1.29 is 17.9 Å². The molecule has 0 aromatic rings. The molecule has 0 aromatic carbocycles. The Morgan fingerprint density at radius 2 is 1.90 bits per heavy atom. The molecular weight excluding hydrogens is 519 g/mol. The van der Waals surface area contributed by atoms with Gasteiger partial charge in [-0.2, -0.15) is 0 Å². The van der Waals surface area contributed by atoms with Gasteiger partial charge in [-0.1, -0.05) is 6.42 Å². The van der Waals surface area contributed by atoms with E-state index < -0.39 is 10.0 Å². The number of halogens is 1. The lowest BCUT2D eigenvalue weighted by Gasteiger charge is -2.35. The summed E-state index contributed by atoms with van der Waals surface area (Å²) in [4.78, 5) is 6.51. The van der Waals surface area contributed by atoms with E-state index in [1.165, 1.54) is 19.3 Å². The lowest BCUT2D eigenvalue weighted by Crippen LogP contribution is -2.48. The van der Waals surface area contributed by atoms with Crippen LogP contribution in [0.15, 0.2) is 4.99 Å². The molecule has 30 heavy (non-hydrogen) atoms. The van der Waals surface area contributed by atoms with Gasteiger partial charge in [-0.15, -0.1) is 24.0 Å². The standard InChI is InChI=1S/C20H38N4O4S.HI/c1-21-20(22-10-14-29(25,26)23-15-17-5-4-6-17)24-11-8-18(9-12-24)28-16-19-7-2-3-13-27-19;/h17-19,23H,2-16H2,1H3,(H,21,22);1H. The highest BCUT2D eigenvalue weighted by Crippen LogP contribution is 2.25. The van der Waals surface area contributed by atoms with Crippen LogP contribution in [0.5, 0.6) is 0 Å². The number of hydrogen-bond acceptors (Lipinski definition) is 5. The number of hydrogen-bond donors (Lipinski definition) is 2. The average Bonchev–Trinajstić information content (AvgIpc) is 2.70. The highest BCUT2D eigenvalue weighted by atomic mass is 127. The van der Waals surface area contributed by atoms with Gasteiger partial charge in [0.15, 0.2) is 5.96 Å². The Hall–Kier alpha value is -0.170. The molecule has 8 nitrogen and oxygen atoms in total. The molecule has 1 atom stereocenters. The topological polar surface area (TPSA) is 92.3 Å². The fourth-order valence-corrected chi connectivity index (χ4v) is 5.06. The molecule has 2 heterocycles. The van der Waals surface area contributed by atoms with Crippen molar-refractivity contribution in [2.45, 2.75) is 63.6 Å². The number of aliphatic imine (C=N–C) groups is 1. The molecule has 2 saturated heterocycles. The number of rotatable bonds is 9. The zero-order valence-corrected chi connectivity index (χ0v) is 21.3. The lowest BCUT2D eigenvalue weighted by molar-refractivity contribution is -0.0721. The molecule has 1 aliphatic carbocycles. The summed E-state index contributed by atoms with van der Waals surface area (Å²) in [5.41, 5.74) is 0. The third-order valence-corrected chi connectivity index (χ3v) is 7.56. The SMILES string of the molecule is CN=C(NCCS(=O)(=O)NCC1CCC1)N1CCC(OCC2CCCCO2)CC1.I. The summed E-state index contributed by atoms with van der Waals surface area (Å²) in [6.07, 6.45) is 9.44. The van der Waals surface area contributed by atoms with Gasteiger partial charge >= 0.3 is 0 Å². The van der Waals surface area contributed by atoms with Crippen molar-refractivity contribution in [3.63, 3.8) is 0 Å². The number of ether oxygens (including phenoxy) is 2. The van der Waals surface area contributed by atoms with E-state index in [0.717, 1.165) is 57.8 Å². The molecule has 0 amide bonds. The molecular formula is C20H39IN4O4S. The van der Waals surface area contributed by atoms with Crippen molar-refractivity contribution in [1.82, 2.24) is 14.9 Å². The van der Waals surface area contributed by atoms with Crippen molar-refractivity contribution in [3.8, 4) is 0 Å². The Balaban J connectivity index is 0.00000320. The van der Waals surface area contributed by atoms with E-state index >= 15 is 0 Å². The summed E-state index contributed by atoms with van der Waals surface area (Å²) in [5, 5.41) is 3.21. The average molecular weight is 559 g/mol. The fourth-order valence-electron chi connectivity index (χ4n) is 4.06. The van der Waals surface area contributed by atoms with Crippen LogP contribution >= 0.6 is 24.0 Å². The molecule has 2 aliphatic heterocycles. The summed E-state index contributed by atoms with van der Waals surface area (Å²) in [7, 11) is -1.49. The first-order chi connectivity index (χ1) is 14.1. The molecule has 3 fully saturated rings. The first-order valence-electron chi connectivity index (χ1n) is 11.2. The van der Waals surface area contributed by atoms with E-state index in [9.17, 15) is 8.42 Å². The molecule has 0 radical (unpaired) electrons. The van der Waals surface area contributed by atoms with Gasteiger partial charge in [0, 0.05) is 39.8 Å². The van der Waals surface area contributed by atoms with E-state index in [2.05, 4.69) is 19.9 Å². The second-order valence-corrected chi connectivity index (χ2v) is 10.4. The van der Waals surface area contributed by atoms with Crippen LogP contribution in [0.2, 0.25) is 0 Å². The molecule has 10 heteroatoms. The van der Waals surface area contributed by atoms with Gasteiger partial charge in [0.2, 0.25) is 10.0 Å². The molecule has 1 unspecified atom stereocenters. The van der Waals surface area contributed by atoms with Gasteiger partial charge in [0.1, 0.15) is 0 Å². The molecule has 0 spiro atoms. The van der Waals surface area contributed by atoms with Crippen molar-refractivity contribution >= 4 is 40.0 Å². The number of nitrogens with one attached hydrogen (secondary N) is 2. The summed E-state index contributed by atoms with van der Waals surface area (Å²) in [5.74, 6) is 1.37. The molecule has 0 aromatic heterocycles. The van der Waals surface area contributed by atoms with Crippen molar-refractivity contribution in [2.24, 2.45) is 10.9 Å². The van der Waals surface area contributed by atoms with Gasteiger partial charge in [0.25, 0.3) is 0 Å². The van der Waals surface area contributed by atoms with Crippen LogP contribution in [0.1, 0.15) is 51.4 Å². The third kappa shape index (κ3) is 8.76. The van der Waals surface area contributed by atoms with Crippen LogP contribution in [-0.2, 0) is 19.5 Å². The quantitative estimate of drug-likeness (QED) is 0.256. The highest BCUT2D eigenvalue weighted by molar-refractivity contribution is 14.0. The first-order valence-corrected chi connectivity index (χ1v) is 12.9. The Bertz CT molecular complexity index is 616. The Kier molecular flexibility index (Phi) is 11.6. The van der Waals surface area contributed by atoms with Gasteiger partial charge in [0.05, 0.1) is 24.6 Å². The van der Waals surface area contributed by atoms with Crippen LogP contribution in [0.4, 0.5) is 0 Å². The molecule has 3 rings (SSSR count). The van der Waals surface area contributed by atoms with E-state index in [1.54, 1.807) is 7.05 Å². The summed E-state index contributed by atoms with van der Waals surface area (Å²) in [6, 6.07) is 0. The number of likely N-dealkylation sites (tertiary alicyclic amines) is 1. The molecule has 1 saturated carbocycles. The second-order valence-electron chi connectivity index (χ2n) is 8.45. The fraction of sp³-hybridized carbons (Fsp3) is 0.950. The van der Waals surface area contributed by atoms with Gasteiger partial charge in [-0.3, -0.25) is 4.99 Å². The maximum Gasteiger partial charge on any atom is 0.213 e. The van der Waals surface area contributed by atoms with E-state index in [1.807, 2.05) is 0 Å².